The number of aryl methyl sites for hydroxylation is 1. The van der Waals surface area contributed by atoms with Crippen molar-refractivity contribution in [2.45, 2.75) is 44.7 Å². The van der Waals surface area contributed by atoms with Crippen molar-refractivity contribution in [1.29, 1.82) is 0 Å². The molecule has 25 heavy (non-hydrogen) atoms. The van der Waals surface area contributed by atoms with Gasteiger partial charge in [-0.1, -0.05) is 0 Å². The molecule has 2 aliphatic heterocycles. The third-order valence-corrected chi connectivity index (χ3v) is 7.04. The maximum Gasteiger partial charge on any atom is 0.200 e. The Hall–Kier alpha value is -1.74. The van der Waals surface area contributed by atoms with Gasteiger partial charge in [0.2, 0.25) is 5.65 Å². The largest absolute Gasteiger partial charge is 0.379 e. The number of likely N-dealkylation sites (tertiary alicyclic amines) is 1. The predicted octanol–water partition coefficient (Wildman–Crippen LogP) is 0.886. The molecule has 136 valence electrons. The lowest BCUT2D eigenvalue weighted by molar-refractivity contribution is 0.147. The van der Waals surface area contributed by atoms with Crippen molar-refractivity contribution >= 4 is 21.2 Å². The van der Waals surface area contributed by atoms with Gasteiger partial charge in [-0.2, -0.15) is 9.61 Å². The minimum absolute atomic E-state index is 0.344. The summed E-state index contributed by atoms with van der Waals surface area (Å²) in [6, 6.07) is 2.84. The molecular weight excluding hydrogens is 340 g/mol. The highest BCUT2D eigenvalue weighted by molar-refractivity contribution is 7.91. The van der Waals surface area contributed by atoms with Crippen LogP contribution in [0.3, 0.4) is 0 Å². The van der Waals surface area contributed by atoms with Gasteiger partial charge >= 0.3 is 0 Å². The molecule has 2 saturated heterocycles. The SMILES string of the molecule is Cc1cc(NC2CCN(C3CCS(=O)(=O)CC3)CC2)c2nncn2n1. The van der Waals surface area contributed by atoms with E-state index in [1.165, 1.54) is 0 Å². The monoisotopic (exact) mass is 364 g/mol. The van der Waals surface area contributed by atoms with Crippen molar-refractivity contribution in [2.75, 3.05) is 29.9 Å². The molecule has 0 spiro atoms. The molecule has 0 radical (unpaired) electrons. The minimum atomic E-state index is -2.79. The fraction of sp³-hybridized carbons (Fsp3) is 0.688. The van der Waals surface area contributed by atoms with Crippen LogP contribution in [0.5, 0.6) is 0 Å². The Morgan fingerprint density at radius 3 is 2.60 bits per heavy atom. The van der Waals surface area contributed by atoms with Gasteiger partial charge in [0.05, 0.1) is 22.9 Å². The van der Waals surface area contributed by atoms with E-state index in [1.807, 2.05) is 13.0 Å². The molecular formula is C16H24N6O2S. The van der Waals surface area contributed by atoms with Gasteiger partial charge in [0.15, 0.2) is 0 Å². The maximum atomic E-state index is 11.6. The molecule has 0 aromatic carbocycles. The first-order valence-corrected chi connectivity index (χ1v) is 10.7. The Kier molecular flexibility index (Phi) is 4.36. The van der Waals surface area contributed by atoms with E-state index in [1.54, 1.807) is 10.8 Å². The number of nitrogens with one attached hydrogen (secondary N) is 1. The third kappa shape index (κ3) is 3.62. The zero-order chi connectivity index (χ0) is 17.4. The van der Waals surface area contributed by atoms with Gasteiger partial charge in [0.1, 0.15) is 16.2 Å². The average Bonchev–Trinajstić information content (AvgIpc) is 3.04. The minimum Gasteiger partial charge on any atom is -0.379 e. The quantitative estimate of drug-likeness (QED) is 0.864. The van der Waals surface area contributed by atoms with Crippen molar-refractivity contribution in [2.24, 2.45) is 0 Å². The summed E-state index contributed by atoms with van der Waals surface area (Å²) in [5, 5.41) is 16.1. The number of rotatable bonds is 3. The van der Waals surface area contributed by atoms with E-state index < -0.39 is 9.84 Å². The molecule has 1 N–H and O–H groups in total. The first-order valence-electron chi connectivity index (χ1n) is 8.89. The zero-order valence-electron chi connectivity index (χ0n) is 14.4. The van der Waals surface area contributed by atoms with E-state index in [-0.39, 0.29) is 0 Å². The van der Waals surface area contributed by atoms with Crippen LogP contribution in [0.15, 0.2) is 12.4 Å². The molecule has 2 aromatic rings. The van der Waals surface area contributed by atoms with E-state index in [9.17, 15) is 8.42 Å². The molecule has 0 unspecified atom stereocenters. The lowest BCUT2D eigenvalue weighted by atomic mass is 10.0. The first kappa shape index (κ1) is 16.7. The number of piperidine rings is 1. The predicted molar refractivity (Wildman–Crippen MR) is 95.4 cm³/mol. The number of hydrogen-bond acceptors (Lipinski definition) is 7. The van der Waals surface area contributed by atoms with E-state index in [2.05, 4.69) is 25.5 Å². The van der Waals surface area contributed by atoms with E-state index >= 15 is 0 Å². The Labute approximate surface area is 147 Å². The number of hydrogen-bond donors (Lipinski definition) is 1. The molecule has 9 heteroatoms. The normalized spacial score (nSPS) is 23.1. The van der Waals surface area contributed by atoms with Gasteiger partial charge in [-0.3, -0.25) is 0 Å². The summed E-state index contributed by atoms with van der Waals surface area (Å²) < 4.78 is 24.9. The molecule has 0 amide bonds. The molecule has 2 fully saturated rings. The fourth-order valence-corrected chi connectivity index (χ4v) is 5.40. The fourth-order valence-electron chi connectivity index (χ4n) is 3.93. The number of nitrogens with zero attached hydrogens (tertiary/aromatic N) is 5. The maximum absolute atomic E-state index is 11.6. The van der Waals surface area contributed by atoms with E-state index in [0.29, 0.717) is 23.6 Å². The highest BCUT2D eigenvalue weighted by Gasteiger charge is 2.30. The molecule has 8 nitrogen and oxygen atoms in total. The molecule has 4 rings (SSSR count). The number of aromatic nitrogens is 4. The summed E-state index contributed by atoms with van der Waals surface area (Å²) in [4.78, 5) is 2.47. The van der Waals surface area contributed by atoms with Gasteiger partial charge in [0, 0.05) is 25.2 Å². The van der Waals surface area contributed by atoms with Crippen LogP contribution in [-0.4, -0.2) is 69.8 Å². The van der Waals surface area contributed by atoms with Crippen molar-refractivity contribution < 1.29 is 8.42 Å². The molecule has 0 bridgehead atoms. The Balaban J connectivity index is 1.37. The third-order valence-electron chi connectivity index (χ3n) is 5.32. The molecule has 0 aliphatic carbocycles. The Bertz CT molecular complexity index is 843. The van der Waals surface area contributed by atoms with Gasteiger partial charge in [-0.25, -0.2) is 8.42 Å². The second-order valence-corrected chi connectivity index (χ2v) is 9.44. The molecule has 0 atom stereocenters. The van der Waals surface area contributed by atoms with Crippen LogP contribution in [0.25, 0.3) is 5.65 Å². The molecule has 4 heterocycles. The lowest BCUT2D eigenvalue weighted by Gasteiger charge is -2.39. The van der Waals surface area contributed by atoms with Crippen LogP contribution in [0.1, 0.15) is 31.4 Å². The summed E-state index contributed by atoms with van der Waals surface area (Å²) in [7, 11) is -2.79. The van der Waals surface area contributed by atoms with E-state index in [4.69, 9.17) is 0 Å². The highest BCUT2D eigenvalue weighted by Crippen LogP contribution is 2.24. The van der Waals surface area contributed by atoms with Crippen LogP contribution in [-0.2, 0) is 9.84 Å². The first-order chi connectivity index (χ1) is 12.0. The second-order valence-electron chi connectivity index (χ2n) is 7.14. The van der Waals surface area contributed by atoms with Crippen molar-refractivity contribution in [3.05, 3.63) is 18.1 Å². The molecule has 0 saturated carbocycles. The standard InChI is InChI=1S/C16H24N6O2S/c1-12-10-15(16-19-17-11-22(16)20-12)18-13-2-6-21(7-3-13)14-4-8-25(23,24)9-5-14/h10-11,13-14,18H,2-9H2,1H3. The smallest absolute Gasteiger partial charge is 0.200 e. The van der Waals surface area contributed by atoms with Crippen LogP contribution in [0, 0.1) is 6.92 Å². The summed E-state index contributed by atoms with van der Waals surface area (Å²) in [5.74, 6) is 0.688. The lowest BCUT2D eigenvalue weighted by Crippen LogP contribution is -2.47. The highest BCUT2D eigenvalue weighted by atomic mass is 32.2. The average molecular weight is 364 g/mol. The van der Waals surface area contributed by atoms with Crippen LogP contribution >= 0.6 is 0 Å². The van der Waals surface area contributed by atoms with Crippen molar-refractivity contribution in [3.63, 3.8) is 0 Å². The number of anilines is 1. The number of sulfone groups is 1. The second kappa shape index (κ2) is 6.53. The van der Waals surface area contributed by atoms with E-state index in [0.717, 1.165) is 55.8 Å². The molecule has 2 aliphatic rings. The van der Waals surface area contributed by atoms with Crippen molar-refractivity contribution in [1.82, 2.24) is 24.7 Å². The summed E-state index contributed by atoms with van der Waals surface area (Å²) in [6.45, 7) is 3.98. The Morgan fingerprint density at radius 2 is 1.88 bits per heavy atom. The van der Waals surface area contributed by atoms with Crippen LogP contribution in [0.2, 0.25) is 0 Å². The topological polar surface area (TPSA) is 92.5 Å². The number of fused-ring (bicyclic) bond motifs is 1. The van der Waals surface area contributed by atoms with Gasteiger partial charge < -0.3 is 10.2 Å². The van der Waals surface area contributed by atoms with Gasteiger partial charge in [0.25, 0.3) is 0 Å². The van der Waals surface area contributed by atoms with Crippen LogP contribution in [0.4, 0.5) is 5.69 Å². The van der Waals surface area contributed by atoms with Gasteiger partial charge in [-0.15, -0.1) is 10.2 Å². The molecule has 2 aromatic heterocycles. The summed E-state index contributed by atoms with van der Waals surface area (Å²) >= 11 is 0. The zero-order valence-corrected chi connectivity index (χ0v) is 15.2. The van der Waals surface area contributed by atoms with Crippen LogP contribution < -0.4 is 5.32 Å². The summed E-state index contributed by atoms with van der Waals surface area (Å²) in [6.07, 6.45) is 5.28. The van der Waals surface area contributed by atoms with Gasteiger partial charge in [-0.05, 0) is 38.7 Å². The van der Waals surface area contributed by atoms with Crippen molar-refractivity contribution in [3.8, 4) is 0 Å². The Morgan fingerprint density at radius 1 is 1.16 bits per heavy atom. The summed E-state index contributed by atoms with van der Waals surface area (Å²) in [5.41, 5.74) is 2.66.